The predicted octanol–water partition coefficient (Wildman–Crippen LogP) is 0.702. The smallest absolute Gasteiger partial charge is 0.279 e. The lowest BCUT2D eigenvalue weighted by atomic mass is 10.3. The van der Waals surface area contributed by atoms with E-state index in [0.717, 1.165) is 5.03 Å². The zero-order valence-electron chi connectivity index (χ0n) is 9.85. The van der Waals surface area contributed by atoms with Crippen molar-refractivity contribution in [1.82, 2.24) is 29.9 Å². The molecule has 3 aromatic heterocycles. The maximum Gasteiger partial charge on any atom is 0.279 e. The van der Waals surface area contributed by atoms with Crippen molar-refractivity contribution in [3.05, 3.63) is 41.2 Å². The van der Waals surface area contributed by atoms with Crippen LogP contribution in [0.2, 0.25) is 0 Å². The molecule has 3 aromatic rings. The summed E-state index contributed by atoms with van der Waals surface area (Å²) in [5, 5.41) is 11.0. The zero-order chi connectivity index (χ0) is 13.1. The van der Waals surface area contributed by atoms with Crippen molar-refractivity contribution >= 4 is 22.8 Å². The minimum atomic E-state index is -0.119. The molecule has 0 radical (unpaired) electrons. The fourth-order valence-corrected chi connectivity index (χ4v) is 2.38. The molecule has 0 aliphatic carbocycles. The maximum atomic E-state index is 12.1. The molecule has 0 bridgehead atoms. The van der Waals surface area contributed by atoms with Crippen molar-refractivity contribution in [1.29, 1.82) is 0 Å². The van der Waals surface area contributed by atoms with Gasteiger partial charge in [-0.05, 0) is 12.1 Å². The highest BCUT2D eigenvalue weighted by atomic mass is 32.2. The number of aromatic amines is 1. The van der Waals surface area contributed by atoms with Crippen LogP contribution in [0.3, 0.4) is 0 Å². The summed E-state index contributed by atoms with van der Waals surface area (Å²) in [5.41, 5.74) is 0.899. The van der Waals surface area contributed by atoms with Gasteiger partial charge in [-0.25, -0.2) is 9.97 Å². The fourth-order valence-electron chi connectivity index (χ4n) is 1.65. The van der Waals surface area contributed by atoms with Crippen LogP contribution in [0, 0.1) is 0 Å². The Morgan fingerprint density at radius 3 is 3.16 bits per heavy atom. The molecule has 0 atom stereocenters. The number of nitrogens with zero attached hydrogens (tertiary/aromatic N) is 5. The van der Waals surface area contributed by atoms with E-state index < -0.39 is 0 Å². The van der Waals surface area contributed by atoms with Crippen LogP contribution in [-0.2, 0) is 6.54 Å². The Balaban J connectivity index is 1.78. The Kier molecular flexibility index (Phi) is 3.23. The summed E-state index contributed by atoms with van der Waals surface area (Å²) in [6.45, 7) is 0.551. The number of hydrogen-bond donors (Lipinski definition) is 1. The highest BCUT2D eigenvalue weighted by Gasteiger charge is 2.05. The van der Waals surface area contributed by atoms with E-state index in [9.17, 15) is 4.79 Å². The lowest BCUT2D eigenvalue weighted by Gasteiger charge is -2.04. The van der Waals surface area contributed by atoms with E-state index in [1.54, 1.807) is 35.4 Å². The van der Waals surface area contributed by atoms with Crippen molar-refractivity contribution in [3.8, 4) is 0 Å². The first-order chi connectivity index (χ1) is 9.34. The van der Waals surface area contributed by atoms with Crippen LogP contribution in [0.15, 0.2) is 40.7 Å². The molecule has 0 fully saturated rings. The molecule has 0 unspecified atom stereocenters. The molecule has 0 saturated carbocycles. The number of aryl methyl sites for hydroxylation is 1. The largest absolute Gasteiger partial charge is 0.297 e. The average molecular weight is 274 g/mol. The Morgan fingerprint density at radius 1 is 1.37 bits per heavy atom. The molecule has 0 aliphatic rings. The van der Waals surface area contributed by atoms with E-state index in [4.69, 9.17) is 0 Å². The van der Waals surface area contributed by atoms with E-state index in [-0.39, 0.29) is 5.56 Å². The quantitative estimate of drug-likeness (QED) is 0.704. The summed E-state index contributed by atoms with van der Waals surface area (Å²) in [5.74, 6) is 0.715. The average Bonchev–Trinajstić information content (AvgIpc) is 2.95. The number of rotatable bonds is 4. The Labute approximate surface area is 112 Å². The minimum absolute atomic E-state index is 0.119. The highest BCUT2D eigenvalue weighted by Crippen LogP contribution is 2.12. The summed E-state index contributed by atoms with van der Waals surface area (Å²) < 4.78 is 1.56. The standard InChI is InChI=1S/C11H10N6OS/c18-11-10-8(2-1-3-12-10)13-7-17(11)4-5-19-9-6-14-16-15-9/h1-3,6-7H,4-5H2,(H,14,15,16). The van der Waals surface area contributed by atoms with Gasteiger partial charge in [-0.1, -0.05) is 0 Å². The Bertz CT molecular complexity index is 738. The Hall–Kier alpha value is -2.22. The molecule has 1 N–H and O–H groups in total. The number of aromatic nitrogens is 6. The van der Waals surface area contributed by atoms with Gasteiger partial charge in [-0.15, -0.1) is 16.9 Å². The van der Waals surface area contributed by atoms with Crippen molar-refractivity contribution in [2.45, 2.75) is 11.6 Å². The summed E-state index contributed by atoms with van der Waals surface area (Å²) in [7, 11) is 0. The van der Waals surface area contributed by atoms with Crippen LogP contribution >= 0.6 is 11.8 Å². The topological polar surface area (TPSA) is 89.4 Å². The Morgan fingerprint density at radius 2 is 2.32 bits per heavy atom. The van der Waals surface area contributed by atoms with Crippen LogP contribution in [0.25, 0.3) is 11.0 Å². The molecule has 7 nitrogen and oxygen atoms in total. The van der Waals surface area contributed by atoms with Crippen LogP contribution in [0.1, 0.15) is 0 Å². The van der Waals surface area contributed by atoms with Gasteiger partial charge in [0.2, 0.25) is 0 Å². The van der Waals surface area contributed by atoms with E-state index in [2.05, 4.69) is 25.4 Å². The molecule has 19 heavy (non-hydrogen) atoms. The van der Waals surface area contributed by atoms with Crippen molar-refractivity contribution in [2.75, 3.05) is 5.75 Å². The predicted molar refractivity (Wildman–Crippen MR) is 70.9 cm³/mol. The number of hydrogen-bond acceptors (Lipinski definition) is 6. The second-order valence-corrected chi connectivity index (χ2v) is 4.89. The molecule has 96 valence electrons. The minimum Gasteiger partial charge on any atom is -0.297 e. The molecular formula is C11H10N6OS. The third-order valence-corrected chi connectivity index (χ3v) is 3.44. The van der Waals surface area contributed by atoms with Crippen LogP contribution in [-0.4, -0.2) is 35.7 Å². The van der Waals surface area contributed by atoms with Crippen LogP contribution in [0.5, 0.6) is 0 Å². The third-order valence-electron chi connectivity index (χ3n) is 2.56. The first kappa shape index (κ1) is 11.8. The monoisotopic (exact) mass is 274 g/mol. The first-order valence-electron chi connectivity index (χ1n) is 5.63. The number of nitrogens with one attached hydrogen (secondary N) is 1. The van der Waals surface area contributed by atoms with E-state index in [1.165, 1.54) is 11.8 Å². The van der Waals surface area contributed by atoms with E-state index in [0.29, 0.717) is 23.3 Å². The molecule has 0 spiro atoms. The van der Waals surface area contributed by atoms with Crippen LogP contribution in [0.4, 0.5) is 0 Å². The van der Waals surface area contributed by atoms with Gasteiger partial charge in [0.25, 0.3) is 5.56 Å². The number of thioether (sulfide) groups is 1. The van der Waals surface area contributed by atoms with Gasteiger partial charge in [-0.3, -0.25) is 9.36 Å². The van der Waals surface area contributed by atoms with Gasteiger partial charge in [0.1, 0.15) is 5.03 Å². The van der Waals surface area contributed by atoms with Crippen molar-refractivity contribution < 1.29 is 0 Å². The van der Waals surface area contributed by atoms with Gasteiger partial charge >= 0.3 is 0 Å². The van der Waals surface area contributed by atoms with E-state index >= 15 is 0 Å². The number of fused-ring (bicyclic) bond motifs is 1. The van der Waals surface area contributed by atoms with Crippen molar-refractivity contribution in [2.24, 2.45) is 0 Å². The molecule has 0 aliphatic heterocycles. The normalized spacial score (nSPS) is 10.9. The summed E-state index contributed by atoms with van der Waals surface area (Å²) in [6, 6.07) is 3.54. The number of pyridine rings is 1. The van der Waals surface area contributed by atoms with Gasteiger partial charge in [0, 0.05) is 18.5 Å². The number of H-pyrrole nitrogens is 1. The summed E-state index contributed by atoms with van der Waals surface area (Å²) in [6.07, 6.45) is 4.79. The van der Waals surface area contributed by atoms with Gasteiger partial charge in [-0.2, -0.15) is 10.3 Å². The molecular weight excluding hydrogens is 264 g/mol. The zero-order valence-corrected chi connectivity index (χ0v) is 10.7. The lowest BCUT2D eigenvalue weighted by molar-refractivity contribution is 0.722. The lowest BCUT2D eigenvalue weighted by Crippen LogP contribution is -2.22. The summed E-state index contributed by atoms with van der Waals surface area (Å²) in [4.78, 5) is 20.4. The van der Waals surface area contributed by atoms with Gasteiger partial charge < -0.3 is 0 Å². The van der Waals surface area contributed by atoms with Crippen molar-refractivity contribution in [3.63, 3.8) is 0 Å². The molecule has 8 heteroatoms. The van der Waals surface area contributed by atoms with Crippen LogP contribution < -0.4 is 5.56 Å². The molecule has 0 saturated heterocycles. The molecule has 3 heterocycles. The first-order valence-corrected chi connectivity index (χ1v) is 6.62. The van der Waals surface area contributed by atoms with Gasteiger partial charge in [0.05, 0.1) is 18.0 Å². The SMILES string of the molecule is O=c1c2ncccc2ncn1CCSc1cn[nH]n1. The third kappa shape index (κ3) is 2.48. The highest BCUT2D eigenvalue weighted by molar-refractivity contribution is 7.99. The molecule has 0 aromatic carbocycles. The second-order valence-electron chi connectivity index (χ2n) is 3.77. The van der Waals surface area contributed by atoms with E-state index in [1.807, 2.05) is 0 Å². The molecule has 3 rings (SSSR count). The summed E-state index contributed by atoms with van der Waals surface area (Å²) >= 11 is 1.52. The molecule has 0 amide bonds. The fraction of sp³-hybridized carbons (Fsp3) is 0.182. The maximum absolute atomic E-state index is 12.1. The second kappa shape index (κ2) is 5.19. The van der Waals surface area contributed by atoms with Gasteiger partial charge in [0.15, 0.2) is 5.52 Å².